The molecule has 0 aliphatic heterocycles. The molecule has 0 spiro atoms. The predicted molar refractivity (Wildman–Crippen MR) is 104 cm³/mol. The molecule has 9 heteroatoms. The summed E-state index contributed by atoms with van der Waals surface area (Å²) >= 11 is 0. The Kier molecular flexibility index (Phi) is 13.5. The molecule has 0 fully saturated rings. The SMILES string of the molecule is C[C@H](O)CCCCOCCOCCOCCNC(=O)c1ccc(N=[N+]=N)cc1. The third-order valence-corrected chi connectivity index (χ3v) is 3.73. The molecule has 0 bridgehead atoms. The van der Waals surface area contributed by atoms with E-state index in [4.69, 9.17) is 24.8 Å². The normalized spacial score (nSPS) is 11.6. The fourth-order valence-electron chi connectivity index (χ4n) is 2.26. The fraction of sp³-hybridized carbons (Fsp3) is 0.632. The van der Waals surface area contributed by atoms with E-state index in [1.165, 1.54) is 0 Å². The van der Waals surface area contributed by atoms with Crippen LogP contribution >= 0.6 is 0 Å². The number of nitrogens with one attached hydrogen (secondary N) is 2. The van der Waals surface area contributed by atoms with Crippen molar-refractivity contribution < 1.29 is 24.1 Å². The van der Waals surface area contributed by atoms with E-state index in [9.17, 15) is 4.79 Å². The Morgan fingerprint density at radius 1 is 1.07 bits per heavy atom. The number of carbonyl (C=O) groups excluding carboxylic acids is 1. The molecule has 156 valence electrons. The van der Waals surface area contributed by atoms with Gasteiger partial charge in [-0.3, -0.25) is 4.79 Å². The summed E-state index contributed by atoms with van der Waals surface area (Å²) in [6.45, 7) is 5.28. The average Bonchev–Trinajstić information content (AvgIpc) is 2.68. The van der Waals surface area contributed by atoms with Crippen molar-refractivity contribution in [2.75, 3.05) is 46.2 Å². The van der Waals surface area contributed by atoms with E-state index in [1.54, 1.807) is 31.2 Å². The lowest BCUT2D eigenvalue weighted by Gasteiger charge is -2.08. The van der Waals surface area contributed by atoms with Gasteiger partial charge in [0.25, 0.3) is 5.91 Å². The number of amides is 1. The van der Waals surface area contributed by atoms with Crippen molar-refractivity contribution in [3.05, 3.63) is 29.8 Å². The molecule has 9 nitrogen and oxygen atoms in total. The highest BCUT2D eigenvalue weighted by Gasteiger charge is 2.05. The number of benzene rings is 1. The second-order valence-corrected chi connectivity index (χ2v) is 6.18. The minimum atomic E-state index is -0.240. The van der Waals surface area contributed by atoms with Gasteiger partial charge in [-0.25, -0.2) is 0 Å². The minimum absolute atomic E-state index is 0.195. The summed E-state index contributed by atoms with van der Waals surface area (Å²) in [5, 5.41) is 15.5. The van der Waals surface area contributed by atoms with Gasteiger partial charge in [0.05, 0.1) is 39.1 Å². The van der Waals surface area contributed by atoms with Crippen molar-refractivity contribution in [1.82, 2.24) is 10.2 Å². The molecule has 0 heterocycles. The number of aliphatic hydroxyl groups is 1. The van der Waals surface area contributed by atoms with Crippen LogP contribution in [0.15, 0.2) is 29.4 Å². The first kappa shape index (κ1) is 23.9. The van der Waals surface area contributed by atoms with Gasteiger partial charge in [-0.2, -0.15) is 0 Å². The van der Waals surface area contributed by atoms with Crippen LogP contribution in [0.3, 0.4) is 0 Å². The Balaban J connectivity index is 1.91. The summed E-state index contributed by atoms with van der Waals surface area (Å²) < 4.78 is 16.2. The quantitative estimate of drug-likeness (QED) is 0.225. The van der Waals surface area contributed by atoms with Crippen molar-refractivity contribution in [2.24, 2.45) is 5.11 Å². The smallest absolute Gasteiger partial charge is 0.251 e. The van der Waals surface area contributed by atoms with Crippen molar-refractivity contribution in [2.45, 2.75) is 32.3 Å². The number of unbranched alkanes of at least 4 members (excludes halogenated alkanes) is 1. The number of rotatable bonds is 16. The predicted octanol–water partition coefficient (Wildman–Crippen LogP) is 2.20. The highest BCUT2D eigenvalue weighted by atomic mass is 16.5. The molecule has 0 aromatic heterocycles. The standard InChI is InChI=1S/C19H30N4O5/c1-16(24)4-2-3-10-26-12-14-28-15-13-27-11-9-21-19(25)17-5-7-18(8-6-17)22-23-20/h5-8,16,20,24H,2-4,9-15H2,1H3/p+1/t16-/m0/s1. The zero-order valence-corrected chi connectivity index (χ0v) is 16.4. The first-order valence-electron chi connectivity index (χ1n) is 9.50. The van der Waals surface area contributed by atoms with Crippen molar-refractivity contribution in [3.8, 4) is 0 Å². The van der Waals surface area contributed by atoms with Gasteiger partial charge in [0, 0.05) is 18.7 Å². The first-order valence-corrected chi connectivity index (χ1v) is 9.50. The number of hydrogen-bond acceptors (Lipinski definition) is 7. The van der Waals surface area contributed by atoms with Crippen LogP contribution in [0.5, 0.6) is 0 Å². The van der Waals surface area contributed by atoms with Crippen LogP contribution in [0.25, 0.3) is 0 Å². The summed E-state index contributed by atoms with van der Waals surface area (Å²) in [7, 11) is 0. The van der Waals surface area contributed by atoms with Crippen LogP contribution in [0.1, 0.15) is 36.5 Å². The first-order chi connectivity index (χ1) is 13.6. The maximum Gasteiger partial charge on any atom is 0.251 e. The van der Waals surface area contributed by atoms with Gasteiger partial charge >= 0.3 is 0 Å². The molecule has 0 saturated heterocycles. The Bertz CT molecular complexity index is 588. The zero-order valence-electron chi connectivity index (χ0n) is 16.4. The second-order valence-electron chi connectivity index (χ2n) is 6.18. The highest BCUT2D eigenvalue weighted by Crippen LogP contribution is 2.11. The summed E-state index contributed by atoms with van der Waals surface area (Å²) in [6.07, 6.45) is 2.48. The third kappa shape index (κ3) is 12.3. The molecule has 1 rings (SSSR count). The van der Waals surface area contributed by atoms with E-state index in [0.29, 0.717) is 57.4 Å². The van der Waals surface area contributed by atoms with Crippen molar-refractivity contribution >= 4 is 11.6 Å². The molecule has 1 aromatic rings. The minimum Gasteiger partial charge on any atom is -0.393 e. The maximum absolute atomic E-state index is 11.9. The molecule has 28 heavy (non-hydrogen) atoms. The second kappa shape index (κ2) is 15.9. The number of nitrogens with zero attached hydrogens (tertiary/aromatic N) is 2. The van der Waals surface area contributed by atoms with Crippen molar-refractivity contribution in [1.29, 1.82) is 5.53 Å². The molecule has 1 amide bonds. The van der Waals surface area contributed by atoms with E-state index in [-0.39, 0.29) is 12.0 Å². The van der Waals surface area contributed by atoms with Gasteiger partial charge in [-0.1, -0.05) is 0 Å². The molecule has 0 radical (unpaired) electrons. The molecular formula is C19H31N4O5+. The lowest BCUT2D eigenvalue weighted by molar-refractivity contribution is 0.0141. The summed E-state index contributed by atoms with van der Waals surface area (Å²) in [5.41, 5.74) is 7.69. The number of ether oxygens (including phenoxy) is 3. The van der Waals surface area contributed by atoms with E-state index in [2.05, 4.69) is 15.3 Å². The molecule has 3 N–H and O–H groups in total. The van der Waals surface area contributed by atoms with E-state index in [0.717, 1.165) is 19.3 Å². The summed E-state index contributed by atoms with van der Waals surface area (Å²) in [4.78, 5) is 14.9. The molecule has 1 atom stereocenters. The Labute approximate surface area is 165 Å². The topological polar surface area (TPSA) is 127 Å². The van der Waals surface area contributed by atoms with Gasteiger partial charge in [-0.15, -0.1) is 0 Å². The summed E-state index contributed by atoms with van der Waals surface area (Å²) in [5.74, 6) is -0.195. The summed E-state index contributed by atoms with van der Waals surface area (Å²) in [6, 6.07) is 6.51. The Morgan fingerprint density at radius 3 is 2.29 bits per heavy atom. The van der Waals surface area contributed by atoms with Crippen LogP contribution in [-0.2, 0) is 14.2 Å². The Morgan fingerprint density at radius 2 is 1.68 bits per heavy atom. The zero-order chi connectivity index (χ0) is 20.5. The fourth-order valence-corrected chi connectivity index (χ4v) is 2.26. The lowest BCUT2D eigenvalue weighted by Crippen LogP contribution is -2.27. The Hall–Kier alpha value is -2.16. The molecule has 0 aliphatic carbocycles. The van der Waals surface area contributed by atoms with Gasteiger partial charge in [0.15, 0.2) is 10.8 Å². The maximum atomic E-state index is 11.9. The van der Waals surface area contributed by atoms with Crippen LogP contribution in [0.2, 0.25) is 0 Å². The van der Waals surface area contributed by atoms with E-state index < -0.39 is 0 Å². The molecule has 0 aliphatic rings. The number of carbonyl (C=O) groups is 1. The van der Waals surface area contributed by atoms with Gasteiger partial charge in [-0.05, 0) is 50.5 Å². The number of aliphatic hydroxyl groups excluding tert-OH is 1. The van der Waals surface area contributed by atoms with Crippen molar-refractivity contribution in [3.63, 3.8) is 0 Å². The monoisotopic (exact) mass is 395 g/mol. The van der Waals surface area contributed by atoms with Crippen LogP contribution < -0.4 is 10.2 Å². The van der Waals surface area contributed by atoms with Gasteiger partial charge in [0.2, 0.25) is 4.91 Å². The largest absolute Gasteiger partial charge is 0.393 e. The average molecular weight is 395 g/mol. The van der Waals surface area contributed by atoms with Crippen LogP contribution in [-0.4, -0.2) is 63.3 Å². The van der Waals surface area contributed by atoms with Crippen LogP contribution in [0.4, 0.5) is 5.69 Å². The van der Waals surface area contributed by atoms with Gasteiger partial charge < -0.3 is 24.6 Å². The molecule has 0 unspecified atom stereocenters. The molecule has 1 aromatic carbocycles. The van der Waals surface area contributed by atoms with E-state index >= 15 is 0 Å². The molecule has 0 saturated carbocycles. The number of hydrogen-bond donors (Lipinski definition) is 3. The lowest BCUT2D eigenvalue weighted by atomic mass is 10.2. The molecular weight excluding hydrogens is 364 g/mol. The highest BCUT2D eigenvalue weighted by molar-refractivity contribution is 5.94. The van der Waals surface area contributed by atoms with Gasteiger partial charge in [0.1, 0.15) is 5.53 Å². The van der Waals surface area contributed by atoms with E-state index in [1.807, 2.05) is 0 Å². The third-order valence-electron chi connectivity index (χ3n) is 3.73. The van der Waals surface area contributed by atoms with Crippen LogP contribution in [0, 0.1) is 5.53 Å².